The van der Waals surface area contributed by atoms with Gasteiger partial charge in [-0.1, -0.05) is 0 Å². The topological polar surface area (TPSA) is 78.5 Å². The number of imidazole rings is 1. The Bertz CT molecular complexity index is 492. The molecule has 108 valence electrons. The number of nitrogens with one attached hydrogen (secondary N) is 1. The molecule has 8 heteroatoms. The Morgan fingerprint density at radius 1 is 1.47 bits per heavy atom. The van der Waals surface area contributed by atoms with E-state index in [4.69, 9.17) is 4.74 Å². The van der Waals surface area contributed by atoms with Gasteiger partial charge in [0.15, 0.2) is 0 Å². The van der Waals surface area contributed by atoms with E-state index in [1.807, 2.05) is 13.8 Å². The average molecular weight is 288 g/mol. The number of aromatic amines is 1. The zero-order valence-corrected chi connectivity index (χ0v) is 12.2. The molecule has 0 aliphatic carbocycles. The van der Waals surface area contributed by atoms with Gasteiger partial charge >= 0.3 is 0 Å². The van der Waals surface area contributed by atoms with Crippen molar-refractivity contribution in [1.29, 1.82) is 0 Å². The molecule has 2 heterocycles. The molecule has 1 fully saturated rings. The van der Waals surface area contributed by atoms with Crippen molar-refractivity contribution in [3.8, 4) is 0 Å². The van der Waals surface area contributed by atoms with Crippen molar-refractivity contribution in [3.63, 3.8) is 0 Å². The summed E-state index contributed by atoms with van der Waals surface area (Å²) in [6.07, 6.45) is 3.11. The predicted molar refractivity (Wildman–Crippen MR) is 70.6 cm³/mol. The second-order valence-corrected chi connectivity index (χ2v) is 6.91. The minimum absolute atomic E-state index is 0.0875. The average Bonchev–Trinajstić information content (AvgIpc) is 2.80. The van der Waals surface area contributed by atoms with Gasteiger partial charge in [0, 0.05) is 32.5 Å². The molecule has 2 atom stereocenters. The van der Waals surface area contributed by atoms with Crippen LogP contribution in [0, 0.1) is 0 Å². The largest absolute Gasteiger partial charge is 0.373 e. The quantitative estimate of drug-likeness (QED) is 0.858. The first-order chi connectivity index (χ1) is 8.89. The van der Waals surface area contributed by atoms with Crippen LogP contribution in [0.5, 0.6) is 0 Å². The summed E-state index contributed by atoms with van der Waals surface area (Å²) in [6.45, 7) is 4.76. The molecule has 1 saturated heterocycles. The third-order valence-electron chi connectivity index (χ3n) is 3.03. The van der Waals surface area contributed by atoms with Gasteiger partial charge < -0.3 is 9.72 Å². The number of nitrogens with zero attached hydrogens (tertiary/aromatic N) is 3. The zero-order valence-electron chi connectivity index (χ0n) is 11.4. The van der Waals surface area contributed by atoms with Gasteiger partial charge in [-0.3, -0.25) is 0 Å². The fourth-order valence-corrected chi connectivity index (χ4v) is 3.67. The van der Waals surface area contributed by atoms with Gasteiger partial charge in [-0.25, -0.2) is 4.98 Å². The lowest BCUT2D eigenvalue weighted by molar-refractivity contribution is -0.0453. The fourth-order valence-electron chi connectivity index (χ4n) is 2.19. The molecule has 1 aliphatic rings. The number of hydrogen-bond donors (Lipinski definition) is 1. The third kappa shape index (κ3) is 3.33. The minimum Gasteiger partial charge on any atom is -0.373 e. The van der Waals surface area contributed by atoms with Crippen LogP contribution in [0.2, 0.25) is 0 Å². The van der Waals surface area contributed by atoms with Gasteiger partial charge in [-0.2, -0.15) is 17.0 Å². The highest BCUT2D eigenvalue weighted by atomic mass is 32.2. The molecule has 0 spiro atoms. The van der Waals surface area contributed by atoms with Gasteiger partial charge in [0.05, 0.1) is 18.8 Å². The summed E-state index contributed by atoms with van der Waals surface area (Å²) in [6, 6.07) is 0. The number of ether oxygens (including phenoxy) is 1. The number of hydrogen-bond acceptors (Lipinski definition) is 4. The molecule has 0 radical (unpaired) electrons. The summed E-state index contributed by atoms with van der Waals surface area (Å²) in [5.41, 5.74) is 0. The molecule has 2 unspecified atom stereocenters. The fraction of sp³-hybridized carbons (Fsp3) is 0.727. The number of rotatable bonds is 4. The molecule has 0 amide bonds. The van der Waals surface area contributed by atoms with Crippen LogP contribution in [0.15, 0.2) is 12.4 Å². The van der Waals surface area contributed by atoms with Crippen molar-refractivity contribution in [1.82, 2.24) is 18.6 Å². The van der Waals surface area contributed by atoms with Crippen LogP contribution >= 0.6 is 0 Å². The van der Waals surface area contributed by atoms with Crippen molar-refractivity contribution in [2.24, 2.45) is 0 Å². The van der Waals surface area contributed by atoms with Crippen LogP contribution < -0.4 is 0 Å². The lowest BCUT2D eigenvalue weighted by atomic mass is 10.3. The molecule has 0 bridgehead atoms. The van der Waals surface area contributed by atoms with Crippen LogP contribution in [0.4, 0.5) is 0 Å². The van der Waals surface area contributed by atoms with Gasteiger partial charge in [0.25, 0.3) is 10.2 Å². The Balaban J connectivity index is 2.08. The first-order valence-electron chi connectivity index (χ1n) is 6.24. The van der Waals surface area contributed by atoms with E-state index in [1.54, 1.807) is 19.4 Å². The highest BCUT2D eigenvalue weighted by Crippen LogP contribution is 2.17. The Morgan fingerprint density at radius 2 is 2.11 bits per heavy atom. The summed E-state index contributed by atoms with van der Waals surface area (Å²) in [7, 11) is -1.92. The first kappa shape index (κ1) is 14.4. The van der Waals surface area contributed by atoms with Crippen molar-refractivity contribution in [2.45, 2.75) is 32.6 Å². The predicted octanol–water partition coefficient (Wildman–Crippen LogP) is 0.195. The van der Waals surface area contributed by atoms with E-state index in [0.29, 0.717) is 18.9 Å². The summed E-state index contributed by atoms with van der Waals surface area (Å²) >= 11 is 0. The van der Waals surface area contributed by atoms with E-state index in [9.17, 15) is 8.42 Å². The summed E-state index contributed by atoms with van der Waals surface area (Å²) in [5.74, 6) is 0.625. The van der Waals surface area contributed by atoms with Gasteiger partial charge in [-0.15, -0.1) is 0 Å². The van der Waals surface area contributed by atoms with Crippen molar-refractivity contribution >= 4 is 10.2 Å². The second-order valence-electron chi connectivity index (χ2n) is 4.87. The maximum absolute atomic E-state index is 12.5. The summed E-state index contributed by atoms with van der Waals surface area (Å²) in [4.78, 5) is 6.94. The normalized spacial score (nSPS) is 25.9. The third-order valence-corrected chi connectivity index (χ3v) is 4.90. The standard InChI is InChI=1S/C11H20N4O3S/c1-9-6-15(7-10(2)18-9)19(16,17)14(3)8-11-12-4-5-13-11/h4-5,9-10H,6-8H2,1-3H3,(H,12,13). The second kappa shape index (κ2) is 5.58. The van der Waals surface area contributed by atoms with Crippen LogP contribution in [0.1, 0.15) is 19.7 Å². The van der Waals surface area contributed by atoms with E-state index < -0.39 is 10.2 Å². The molecule has 2 rings (SSSR count). The maximum atomic E-state index is 12.5. The number of H-pyrrole nitrogens is 1. The van der Waals surface area contributed by atoms with E-state index in [1.165, 1.54) is 8.61 Å². The SMILES string of the molecule is CC1CN(S(=O)(=O)N(C)Cc2ncc[nH]2)CC(C)O1. The molecule has 7 nitrogen and oxygen atoms in total. The number of aromatic nitrogens is 2. The van der Waals surface area contributed by atoms with Gasteiger partial charge in [0.2, 0.25) is 0 Å². The summed E-state index contributed by atoms with van der Waals surface area (Å²) < 4.78 is 33.2. The Morgan fingerprint density at radius 3 is 2.63 bits per heavy atom. The monoisotopic (exact) mass is 288 g/mol. The number of morpholine rings is 1. The molecule has 1 N–H and O–H groups in total. The van der Waals surface area contributed by atoms with Crippen LogP contribution in [0.3, 0.4) is 0 Å². The van der Waals surface area contributed by atoms with Crippen LogP contribution in [-0.4, -0.2) is 59.3 Å². The smallest absolute Gasteiger partial charge is 0.282 e. The first-order valence-corrected chi connectivity index (χ1v) is 7.64. The van der Waals surface area contributed by atoms with E-state index in [0.717, 1.165) is 0 Å². The lowest BCUT2D eigenvalue weighted by Gasteiger charge is -2.36. The van der Waals surface area contributed by atoms with E-state index >= 15 is 0 Å². The molecular formula is C11H20N4O3S. The van der Waals surface area contributed by atoms with Gasteiger partial charge in [0.1, 0.15) is 5.82 Å². The Labute approximate surface area is 113 Å². The molecule has 19 heavy (non-hydrogen) atoms. The molecule has 1 aliphatic heterocycles. The highest BCUT2D eigenvalue weighted by Gasteiger charge is 2.33. The summed E-state index contributed by atoms with van der Waals surface area (Å²) in [5, 5.41) is 0. The molecule has 1 aromatic heterocycles. The van der Waals surface area contributed by atoms with E-state index in [2.05, 4.69) is 9.97 Å². The van der Waals surface area contributed by atoms with Crippen molar-refractivity contribution in [2.75, 3.05) is 20.1 Å². The minimum atomic E-state index is -3.48. The zero-order chi connectivity index (χ0) is 14.0. The van der Waals surface area contributed by atoms with E-state index in [-0.39, 0.29) is 18.8 Å². The molecule has 0 aromatic carbocycles. The van der Waals surface area contributed by atoms with Crippen molar-refractivity contribution in [3.05, 3.63) is 18.2 Å². The van der Waals surface area contributed by atoms with Gasteiger partial charge in [-0.05, 0) is 13.8 Å². The molecule has 1 aromatic rings. The van der Waals surface area contributed by atoms with Crippen molar-refractivity contribution < 1.29 is 13.2 Å². The Hall–Kier alpha value is -0.960. The van der Waals surface area contributed by atoms with Crippen LogP contribution in [0.25, 0.3) is 0 Å². The molecular weight excluding hydrogens is 268 g/mol. The van der Waals surface area contributed by atoms with Crippen LogP contribution in [-0.2, 0) is 21.5 Å². The Kier molecular flexibility index (Phi) is 4.24. The molecule has 0 saturated carbocycles. The highest BCUT2D eigenvalue weighted by molar-refractivity contribution is 7.86. The lowest BCUT2D eigenvalue weighted by Crippen LogP contribution is -2.52. The maximum Gasteiger partial charge on any atom is 0.282 e.